The predicted molar refractivity (Wildman–Crippen MR) is 93.6 cm³/mol. The molecule has 0 unspecified atom stereocenters. The molecule has 0 atom stereocenters. The highest BCUT2D eigenvalue weighted by molar-refractivity contribution is 6.53. The van der Waals surface area contributed by atoms with Gasteiger partial charge in [-0.3, -0.25) is 0 Å². The van der Waals surface area contributed by atoms with Crippen molar-refractivity contribution in [1.82, 2.24) is 0 Å². The van der Waals surface area contributed by atoms with Crippen LogP contribution in [-0.2, 0) is 9.31 Å². The van der Waals surface area contributed by atoms with Crippen molar-refractivity contribution in [3.05, 3.63) is 41.1 Å². The van der Waals surface area contributed by atoms with Gasteiger partial charge in [0.1, 0.15) is 11.5 Å². The predicted octanol–water partition coefficient (Wildman–Crippen LogP) is 4.64. The Labute approximate surface area is 144 Å². The zero-order chi connectivity index (χ0) is 17.5. The van der Waals surface area contributed by atoms with Crippen molar-refractivity contribution in [3.8, 4) is 5.75 Å². The molecular weight excluding hydrogens is 306 g/mol. The van der Waals surface area contributed by atoms with Crippen LogP contribution < -0.4 is 4.74 Å². The third kappa shape index (κ3) is 3.24. The average Bonchev–Trinajstić information content (AvgIpc) is 2.67. The van der Waals surface area contributed by atoms with Gasteiger partial charge in [-0.15, -0.1) is 0 Å². The number of benzene rings is 1. The van der Waals surface area contributed by atoms with E-state index >= 15 is 0 Å². The quantitative estimate of drug-likeness (QED) is 0.752. The molecule has 5 heteroatoms. The fraction of sp³-hybridized carbons (Fsp3) is 0.579. The number of para-hydroxylation sites is 1. The van der Waals surface area contributed by atoms with Gasteiger partial charge in [-0.2, -0.15) is 0 Å². The zero-order valence-electron chi connectivity index (χ0n) is 15.2. The number of rotatable bonds is 4. The zero-order valence-corrected chi connectivity index (χ0v) is 15.2. The number of hydrogen-bond acceptors (Lipinski definition) is 3. The molecule has 1 aliphatic carbocycles. The van der Waals surface area contributed by atoms with Crippen LogP contribution in [0.5, 0.6) is 5.75 Å². The number of ether oxygens (including phenoxy) is 1. The lowest BCUT2D eigenvalue weighted by Gasteiger charge is -2.32. The van der Waals surface area contributed by atoms with E-state index in [1.165, 1.54) is 0 Å². The first kappa shape index (κ1) is 17.5. The summed E-state index contributed by atoms with van der Waals surface area (Å²) in [4.78, 5) is 0. The first-order valence-corrected chi connectivity index (χ1v) is 8.61. The Hall–Kier alpha value is -1.33. The molecule has 0 radical (unpaired) electrons. The van der Waals surface area contributed by atoms with Gasteiger partial charge in [0.25, 0.3) is 0 Å². The standard InChI is InChI=1S/C19H26BFO3/c1-13-8-6-7-9-16(13)22-12-14-10-15(11-14)17(21)20-23-18(2,3)19(4,5)24-20/h6-9,14H,10-12H2,1-5H3. The van der Waals surface area contributed by atoms with Crippen molar-refractivity contribution in [2.45, 2.75) is 58.7 Å². The van der Waals surface area contributed by atoms with Crippen molar-refractivity contribution in [3.63, 3.8) is 0 Å². The highest BCUT2D eigenvalue weighted by atomic mass is 19.1. The summed E-state index contributed by atoms with van der Waals surface area (Å²) in [5.41, 5.74) is 0.656. The van der Waals surface area contributed by atoms with Crippen LogP contribution in [0, 0.1) is 12.8 Å². The van der Waals surface area contributed by atoms with Crippen molar-refractivity contribution >= 4 is 7.12 Å². The molecule has 0 bridgehead atoms. The van der Waals surface area contributed by atoms with E-state index in [4.69, 9.17) is 14.0 Å². The Morgan fingerprint density at radius 2 is 1.75 bits per heavy atom. The minimum atomic E-state index is -0.872. The maximum absolute atomic E-state index is 14.6. The van der Waals surface area contributed by atoms with Crippen LogP contribution in [-0.4, -0.2) is 24.9 Å². The maximum Gasteiger partial charge on any atom is 0.525 e. The molecule has 24 heavy (non-hydrogen) atoms. The topological polar surface area (TPSA) is 27.7 Å². The fourth-order valence-electron chi connectivity index (χ4n) is 2.99. The summed E-state index contributed by atoms with van der Waals surface area (Å²) in [6.07, 6.45) is 1.42. The van der Waals surface area contributed by atoms with Crippen LogP contribution in [0.3, 0.4) is 0 Å². The third-order valence-corrected chi connectivity index (χ3v) is 5.44. The molecule has 1 aromatic carbocycles. The first-order chi connectivity index (χ1) is 11.2. The Morgan fingerprint density at radius 3 is 2.33 bits per heavy atom. The van der Waals surface area contributed by atoms with E-state index in [1.54, 1.807) is 0 Å². The smallest absolute Gasteiger partial charge is 0.493 e. The summed E-state index contributed by atoms with van der Waals surface area (Å²) in [6, 6.07) is 7.95. The first-order valence-electron chi connectivity index (χ1n) is 8.61. The van der Waals surface area contributed by atoms with Gasteiger partial charge in [0.2, 0.25) is 0 Å². The average molecular weight is 332 g/mol. The maximum atomic E-state index is 14.6. The Morgan fingerprint density at radius 1 is 1.17 bits per heavy atom. The van der Waals surface area contributed by atoms with E-state index in [2.05, 4.69) is 0 Å². The molecule has 2 aliphatic rings. The minimum absolute atomic E-state index is 0.249. The van der Waals surface area contributed by atoms with Crippen molar-refractivity contribution in [1.29, 1.82) is 0 Å². The molecule has 0 aromatic heterocycles. The Kier molecular flexibility index (Phi) is 4.52. The summed E-state index contributed by atoms with van der Waals surface area (Å²) in [7, 11) is -0.872. The molecule has 2 fully saturated rings. The molecular formula is C19H26BFO3. The van der Waals surface area contributed by atoms with E-state index in [9.17, 15) is 4.39 Å². The van der Waals surface area contributed by atoms with Gasteiger partial charge in [0, 0.05) is 5.92 Å². The summed E-state index contributed by atoms with van der Waals surface area (Å²) < 4.78 is 32.0. The molecule has 1 heterocycles. The summed E-state index contributed by atoms with van der Waals surface area (Å²) in [6.45, 7) is 10.4. The lowest BCUT2D eigenvalue weighted by Crippen LogP contribution is -2.41. The third-order valence-electron chi connectivity index (χ3n) is 5.44. The van der Waals surface area contributed by atoms with Gasteiger partial charge in [0.15, 0.2) is 0 Å². The fourth-order valence-corrected chi connectivity index (χ4v) is 2.99. The molecule has 0 N–H and O–H groups in total. The highest BCUT2D eigenvalue weighted by Gasteiger charge is 2.54. The lowest BCUT2D eigenvalue weighted by atomic mass is 9.73. The largest absolute Gasteiger partial charge is 0.525 e. The summed E-state index contributed by atoms with van der Waals surface area (Å²) in [5.74, 6) is 1.26. The van der Waals surface area contributed by atoms with Gasteiger partial charge in [0.05, 0.1) is 17.8 Å². The second-order valence-corrected chi connectivity index (χ2v) is 7.89. The van der Waals surface area contributed by atoms with Gasteiger partial charge in [-0.05, 0) is 64.7 Å². The summed E-state index contributed by atoms with van der Waals surface area (Å²) in [5, 5.41) is 0. The number of hydrogen-bond donors (Lipinski definition) is 0. The molecule has 0 amide bonds. The van der Waals surface area contributed by atoms with Crippen molar-refractivity contribution in [2.75, 3.05) is 6.61 Å². The second-order valence-electron chi connectivity index (χ2n) is 7.89. The second kappa shape index (κ2) is 6.19. The number of aryl methyl sites for hydroxylation is 1. The molecule has 1 saturated carbocycles. The van der Waals surface area contributed by atoms with Crippen LogP contribution in [0.4, 0.5) is 4.39 Å². The van der Waals surface area contributed by atoms with Crippen LogP contribution in [0.1, 0.15) is 46.1 Å². The SMILES string of the molecule is Cc1ccccc1OCC1CC(=C(F)B2OC(C)(C)C(C)(C)O2)C1. The monoisotopic (exact) mass is 332 g/mol. The van der Waals surface area contributed by atoms with E-state index in [-0.39, 0.29) is 5.73 Å². The molecule has 0 spiro atoms. The van der Waals surface area contributed by atoms with Crippen molar-refractivity contribution in [2.24, 2.45) is 5.92 Å². The van der Waals surface area contributed by atoms with Gasteiger partial charge < -0.3 is 14.0 Å². The molecule has 130 valence electrons. The van der Waals surface area contributed by atoms with Gasteiger partial charge >= 0.3 is 7.12 Å². The molecule has 3 rings (SSSR count). The van der Waals surface area contributed by atoms with E-state index < -0.39 is 18.3 Å². The molecule has 1 saturated heterocycles. The van der Waals surface area contributed by atoms with Gasteiger partial charge in [-0.1, -0.05) is 18.2 Å². The molecule has 1 aromatic rings. The van der Waals surface area contributed by atoms with E-state index in [1.807, 2.05) is 58.9 Å². The highest BCUT2D eigenvalue weighted by Crippen LogP contribution is 2.43. The van der Waals surface area contributed by atoms with Crippen LogP contribution in [0.15, 0.2) is 35.6 Å². The molecule has 3 nitrogen and oxygen atoms in total. The lowest BCUT2D eigenvalue weighted by molar-refractivity contribution is 0.00578. The Bertz CT molecular complexity index is 630. The van der Waals surface area contributed by atoms with Crippen LogP contribution in [0.2, 0.25) is 0 Å². The minimum Gasteiger partial charge on any atom is -0.493 e. The van der Waals surface area contributed by atoms with Crippen LogP contribution >= 0.6 is 0 Å². The van der Waals surface area contributed by atoms with Gasteiger partial charge in [-0.25, -0.2) is 4.39 Å². The summed E-state index contributed by atoms with van der Waals surface area (Å²) >= 11 is 0. The van der Waals surface area contributed by atoms with Crippen LogP contribution in [0.25, 0.3) is 0 Å². The number of allylic oxidation sites excluding steroid dienone is 1. The Balaban J connectivity index is 1.54. The number of halogens is 1. The van der Waals surface area contributed by atoms with Crippen molar-refractivity contribution < 1.29 is 18.4 Å². The normalized spacial score (nSPS) is 24.7. The van der Waals surface area contributed by atoms with E-state index in [0.29, 0.717) is 25.4 Å². The molecule has 1 aliphatic heterocycles. The van der Waals surface area contributed by atoms with E-state index in [0.717, 1.165) is 16.9 Å².